The molecule has 2 N–H and O–H groups in total. The molecule has 1 unspecified atom stereocenters. The summed E-state index contributed by atoms with van der Waals surface area (Å²) in [5.41, 5.74) is 2.39. The standard InChI is InChI=1S/C12H20N4O7S/c1-14-5-4-9(7-14)22-13-11(17)10-3-2-8-6-15(10)12(18)16(8)23-24(19,20)21/h8-10H,2-7H2,1H3,(H,13,17)(H,19,20,21)/t8-,9?,10+/m1/s1. The topological polar surface area (TPSA) is 129 Å². The second kappa shape index (κ2) is 6.44. The third-order valence-electron chi connectivity index (χ3n) is 4.47. The predicted molar refractivity (Wildman–Crippen MR) is 78.5 cm³/mol. The van der Waals surface area contributed by atoms with Crippen molar-refractivity contribution in [3.8, 4) is 0 Å². The van der Waals surface area contributed by atoms with Crippen LogP contribution in [0.4, 0.5) is 4.79 Å². The van der Waals surface area contributed by atoms with Crippen LogP contribution >= 0.6 is 0 Å². The molecule has 3 aliphatic heterocycles. The summed E-state index contributed by atoms with van der Waals surface area (Å²) in [6.45, 7) is 1.75. The van der Waals surface area contributed by atoms with Crippen molar-refractivity contribution < 1.29 is 31.7 Å². The molecule has 0 saturated carbocycles. The van der Waals surface area contributed by atoms with Crippen LogP contribution in [0, 0.1) is 0 Å². The van der Waals surface area contributed by atoms with Crippen LogP contribution in [0.3, 0.4) is 0 Å². The molecule has 3 heterocycles. The van der Waals surface area contributed by atoms with E-state index in [1.54, 1.807) is 0 Å². The molecule has 3 saturated heterocycles. The van der Waals surface area contributed by atoms with Crippen molar-refractivity contribution in [1.29, 1.82) is 0 Å². The van der Waals surface area contributed by atoms with E-state index in [1.807, 2.05) is 7.05 Å². The minimum Gasteiger partial charge on any atom is -0.309 e. The zero-order valence-electron chi connectivity index (χ0n) is 13.1. The maximum atomic E-state index is 12.3. The average Bonchev–Trinajstić information content (AvgIpc) is 3.02. The smallest absolute Gasteiger partial charge is 0.309 e. The van der Waals surface area contributed by atoms with Gasteiger partial charge in [0.15, 0.2) is 0 Å². The van der Waals surface area contributed by atoms with E-state index < -0.39 is 34.4 Å². The first-order valence-electron chi connectivity index (χ1n) is 7.65. The van der Waals surface area contributed by atoms with Gasteiger partial charge in [0.25, 0.3) is 5.91 Å². The average molecular weight is 364 g/mol. The summed E-state index contributed by atoms with van der Waals surface area (Å²) in [5, 5.41) is 0.607. The number of hydrogen-bond acceptors (Lipinski definition) is 7. The molecule has 12 heteroatoms. The number of likely N-dealkylation sites (tertiary alicyclic amines) is 1. The predicted octanol–water partition coefficient (Wildman–Crippen LogP) is -1.26. The van der Waals surface area contributed by atoms with Gasteiger partial charge in [0.1, 0.15) is 6.04 Å². The Labute approximate surface area is 139 Å². The maximum Gasteiger partial charge on any atom is 0.418 e. The van der Waals surface area contributed by atoms with E-state index >= 15 is 0 Å². The Morgan fingerprint density at radius 3 is 2.67 bits per heavy atom. The fourth-order valence-electron chi connectivity index (χ4n) is 3.30. The van der Waals surface area contributed by atoms with Gasteiger partial charge < -0.3 is 9.80 Å². The zero-order valence-corrected chi connectivity index (χ0v) is 13.9. The normalized spacial score (nSPS) is 30.9. The largest absolute Gasteiger partial charge is 0.418 e. The summed E-state index contributed by atoms with van der Waals surface area (Å²) >= 11 is 0. The van der Waals surface area contributed by atoms with E-state index in [1.165, 1.54) is 4.90 Å². The van der Waals surface area contributed by atoms with E-state index in [9.17, 15) is 18.0 Å². The number of fused-ring (bicyclic) bond motifs is 2. The Morgan fingerprint density at radius 2 is 2.04 bits per heavy atom. The van der Waals surface area contributed by atoms with Crippen LogP contribution in [0.1, 0.15) is 19.3 Å². The highest BCUT2D eigenvalue weighted by molar-refractivity contribution is 7.80. The highest BCUT2D eigenvalue weighted by Crippen LogP contribution is 2.30. The van der Waals surface area contributed by atoms with Crippen LogP contribution in [0.25, 0.3) is 0 Å². The molecule has 24 heavy (non-hydrogen) atoms. The van der Waals surface area contributed by atoms with Crippen molar-refractivity contribution in [2.24, 2.45) is 0 Å². The van der Waals surface area contributed by atoms with Gasteiger partial charge in [-0.3, -0.25) is 14.2 Å². The number of carbonyl (C=O) groups excluding carboxylic acids is 2. The lowest BCUT2D eigenvalue weighted by Gasteiger charge is -2.29. The molecule has 3 amide bonds. The first-order chi connectivity index (χ1) is 11.2. The van der Waals surface area contributed by atoms with Gasteiger partial charge in [-0.15, -0.1) is 4.28 Å². The number of nitrogens with zero attached hydrogens (tertiary/aromatic N) is 3. The molecule has 0 aromatic heterocycles. The van der Waals surface area contributed by atoms with E-state index in [0.29, 0.717) is 24.4 Å². The second-order valence-electron chi connectivity index (χ2n) is 6.27. The van der Waals surface area contributed by atoms with E-state index in [-0.39, 0.29) is 12.6 Å². The molecule has 0 radical (unpaired) electrons. The van der Waals surface area contributed by atoms with Crippen LogP contribution in [-0.4, -0.2) is 84.6 Å². The van der Waals surface area contributed by atoms with Gasteiger partial charge in [0.2, 0.25) is 0 Å². The Hall–Kier alpha value is -1.47. The molecule has 3 atom stereocenters. The van der Waals surface area contributed by atoms with Crippen molar-refractivity contribution in [3.05, 3.63) is 0 Å². The SMILES string of the molecule is CN1CCC(ONC(=O)[C@@H]2CC[C@@H]3CN2C(=O)N3OS(=O)(=O)O)C1. The Bertz CT molecular complexity index is 627. The number of rotatable bonds is 5. The van der Waals surface area contributed by atoms with E-state index in [4.69, 9.17) is 9.39 Å². The lowest BCUT2D eigenvalue weighted by atomic mass is 10.0. The summed E-state index contributed by atoms with van der Waals surface area (Å²) in [5.74, 6) is -0.454. The van der Waals surface area contributed by atoms with Gasteiger partial charge in [0.05, 0.1) is 12.1 Å². The molecule has 3 aliphatic rings. The number of piperidine rings is 1. The first kappa shape index (κ1) is 17.4. The minimum absolute atomic E-state index is 0.0936. The lowest BCUT2D eigenvalue weighted by Crippen LogP contribution is -2.50. The number of likely N-dealkylation sites (N-methyl/N-ethyl adjacent to an activating group) is 1. The van der Waals surface area contributed by atoms with Crippen LogP contribution < -0.4 is 5.48 Å². The molecule has 3 rings (SSSR count). The van der Waals surface area contributed by atoms with Crippen LogP contribution in [0.2, 0.25) is 0 Å². The summed E-state index contributed by atoms with van der Waals surface area (Å²) in [6, 6.07) is -2.05. The highest BCUT2D eigenvalue weighted by atomic mass is 32.3. The quantitative estimate of drug-likeness (QED) is 0.457. The molecule has 3 fully saturated rings. The van der Waals surface area contributed by atoms with Gasteiger partial charge in [-0.2, -0.15) is 13.5 Å². The molecular weight excluding hydrogens is 344 g/mol. The number of carbonyl (C=O) groups is 2. The zero-order chi connectivity index (χ0) is 17.5. The number of nitrogens with one attached hydrogen (secondary N) is 1. The number of hydrogen-bond donors (Lipinski definition) is 2. The summed E-state index contributed by atoms with van der Waals surface area (Å²) in [7, 11) is -2.84. The van der Waals surface area contributed by atoms with Crippen LogP contribution in [-0.2, 0) is 24.3 Å². The van der Waals surface area contributed by atoms with Gasteiger partial charge in [-0.05, 0) is 26.3 Å². The number of amides is 3. The monoisotopic (exact) mass is 364 g/mol. The molecule has 0 aromatic carbocycles. The van der Waals surface area contributed by atoms with Gasteiger partial charge in [-0.1, -0.05) is 0 Å². The second-order valence-corrected chi connectivity index (χ2v) is 7.27. The summed E-state index contributed by atoms with van der Waals surface area (Å²) in [6.07, 6.45) is 1.44. The van der Waals surface area contributed by atoms with Gasteiger partial charge >= 0.3 is 16.4 Å². The molecule has 2 bridgehead atoms. The summed E-state index contributed by atoms with van der Waals surface area (Å²) < 4.78 is 34.7. The molecule has 0 aromatic rings. The molecule has 0 aliphatic carbocycles. The fourth-order valence-corrected chi connectivity index (χ4v) is 3.69. The maximum absolute atomic E-state index is 12.3. The highest BCUT2D eigenvalue weighted by Gasteiger charge is 2.49. The van der Waals surface area contributed by atoms with Gasteiger partial charge in [0, 0.05) is 19.6 Å². The Morgan fingerprint density at radius 1 is 1.29 bits per heavy atom. The molecule has 11 nitrogen and oxygen atoms in total. The summed E-state index contributed by atoms with van der Waals surface area (Å²) in [4.78, 5) is 33.2. The third kappa shape index (κ3) is 3.62. The van der Waals surface area contributed by atoms with E-state index in [0.717, 1.165) is 13.0 Å². The van der Waals surface area contributed by atoms with Crippen molar-refractivity contribution in [1.82, 2.24) is 20.3 Å². The molecule has 136 valence electrons. The van der Waals surface area contributed by atoms with Crippen molar-refractivity contribution in [2.45, 2.75) is 37.5 Å². The Balaban J connectivity index is 1.58. The van der Waals surface area contributed by atoms with Crippen LogP contribution in [0.5, 0.6) is 0 Å². The van der Waals surface area contributed by atoms with Gasteiger partial charge in [-0.25, -0.2) is 10.3 Å². The number of urea groups is 1. The van der Waals surface area contributed by atoms with Crippen molar-refractivity contribution >= 4 is 22.3 Å². The van der Waals surface area contributed by atoms with Crippen molar-refractivity contribution in [3.63, 3.8) is 0 Å². The lowest BCUT2D eigenvalue weighted by molar-refractivity contribution is -0.143. The molecular formula is C12H20N4O7S. The number of hydroxylamine groups is 3. The minimum atomic E-state index is -4.79. The fraction of sp³-hybridized carbons (Fsp3) is 0.833. The van der Waals surface area contributed by atoms with Crippen molar-refractivity contribution in [2.75, 3.05) is 26.7 Å². The molecule has 0 spiro atoms. The van der Waals surface area contributed by atoms with E-state index in [2.05, 4.69) is 14.7 Å². The third-order valence-corrected chi connectivity index (χ3v) is 4.82. The first-order valence-corrected chi connectivity index (χ1v) is 9.02. The van der Waals surface area contributed by atoms with Crippen LogP contribution in [0.15, 0.2) is 0 Å². The Kier molecular flexibility index (Phi) is 4.66.